The van der Waals surface area contributed by atoms with E-state index in [1.807, 2.05) is 0 Å². The number of halogens is 2. The van der Waals surface area contributed by atoms with E-state index in [0.717, 1.165) is 29.6 Å². The summed E-state index contributed by atoms with van der Waals surface area (Å²) in [5.41, 5.74) is 2.25. The summed E-state index contributed by atoms with van der Waals surface area (Å²) >= 11 is 5.24. The van der Waals surface area contributed by atoms with Crippen molar-refractivity contribution in [3.05, 3.63) is 39.1 Å². The average molecular weight is 433 g/mol. The maximum absolute atomic E-state index is 5.79. The molecule has 21 heavy (non-hydrogen) atoms. The summed E-state index contributed by atoms with van der Waals surface area (Å²) in [5, 5.41) is 3.42. The van der Waals surface area contributed by atoms with Gasteiger partial charge in [0.15, 0.2) is 0 Å². The van der Waals surface area contributed by atoms with Gasteiger partial charge in [-0.15, -0.1) is 28.3 Å². The van der Waals surface area contributed by atoms with Gasteiger partial charge in [0.2, 0.25) is 0 Å². The minimum absolute atomic E-state index is 0. The van der Waals surface area contributed by atoms with Crippen molar-refractivity contribution in [1.82, 2.24) is 4.98 Å². The van der Waals surface area contributed by atoms with Crippen molar-refractivity contribution < 1.29 is 4.74 Å². The number of hydrogen-bond acceptors (Lipinski definition) is 3. The van der Waals surface area contributed by atoms with Crippen molar-refractivity contribution in [3.8, 4) is 11.3 Å². The standard InChI is InChI=1S/C16H18BrNOS.BrH/c1-16(2)9-12(7-8-19-16)15-18-14(10-20-15)11-3-5-13(17)6-4-11;/h3-6,10,12H,7-9H2,1-2H3;1H. The highest BCUT2D eigenvalue weighted by Gasteiger charge is 2.31. The lowest BCUT2D eigenvalue weighted by molar-refractivity contribution is -0.0593. The molecule has 0 bridgehead atoms. The van der Waals surface area contributed by atoms with Gasteiger partial charge in [-0.25, -0.2) is 4.98 Å². The highest BCUT2D eigenvalue weighted by molar-refractivity contribution is 9.10. The van der Waals surface area contributed by atoms with Gasteiger partial charge in [0.05, 0.1) is 16.3 Å². The van der Waals surface area contributed by atoms with Gasteiger partial charge in [0.1, 0.15) is 0 Å². The van der Waals surface area contributed by atoms with Gasteiger partial charge in [0.25, 0.3) is 0 Å². The molecule has 1 unspecified atom stereocenters. The van der Waals surface area contributed by atoms with Crippen molar-refractivity contribution in [2.24, 2.45) is 0 Å². The summed E-state index contributed by atoms with van der Waals surface area (Å²) in [6.45, 7) is 5.18. The van der Waals surface area contributed by atoms with Crippen LogP contribution in [0.15, 0.2) is 34.1 Å². The molecule has 1 aliphatic rings. The average Bonchev–Trinajstić information content (AvgIpc) is 2.88. The Bertz CT molecular complexity index is 595. The van der Waals surface area contributed by atoms with Gasteiger partial charge in [-0.2, -0.15) is 0 Å². The Morgan fingerprint density at radius 3 is 2.67 bits per heavy atom. The Morgan fingerprint density at radius 1 is 1.29 bits per heavy atom. The molecule has 2 nitrogen and oxygen atoms in total. The maximum atomic E-state index is 5.79. The van der Waals surface area contributed by atoms with E-state index in [-0.39, 0.29) is 22.6 Å². The first kappa shape index (κ1) is 17.1. The summed E-state index contributed by atoms with van der Waals surface area (Å²) in [7, 11) is 0. The monoisotopic (exact) mass is 431 g/mol. The van der Waals surface area contributed by atoms with Crippen molar-refractivity contribution in [2.75, 3.05) is 6.61 Å². The summed E-state index contributed by atoms with van der Waals surface area (Å²) < 4.78 is 6.89. The van der Waals surface area contributed by atoms with Gasteiger partial charge in [0, 0.05) is 27.9 Å². The molecule has 1 fully saturated rings. The Labute approximate surface area is 148 Å². The first-order chi connectivity index (χ1) is 9.53. The molecule has 0 saturated carbocycles. The van der Waals surface area contributed by atoms with Crippen LogP contribution >= 0.6 is 44.2 Å². The quantitative estimate of drug-likeness (QED) is 0.596. The molecule has 2 aromatic rings. The molecule has 114 valence electrons. The molecule has 1 aromatic carbocycles. The third kappa shape index (κ3) is 4.15. The fraction of sp³-hybridized carbons (Fsp3) is 0.438. The van der Waals surface area contributed by atoms with E-state index in [2.05, 4.69) is 59.4 Å². The summed E-state index contributed by atoms with van der Waals surface area (Å²) in [5.74, 6) is 0.535. The van der Waals surface area contributed by atoms with Crippen LogP contribution in [0.1, 0.15) is 37.6 Å². The third-order valence-electron chi connectivity index (χ3n) is 3.71. The van der Waals surface area contributed by atoms with Crippen molar-refractivity contribution in [3.63, 3.8) is 0 Å². The van der Waals surface area contributed by atoms with Crippen LogP contribution in [-0.4, -0.2) is 17.2 Å². The minimum Gasteiger partial charge on any atom is -0.376 e. The van der Waals surface area contributed by atoms with Gasteiger partial charge in [-0.3, -0.25) is 0 Å². The van der Waals surface area contributed by atoms with Crippen LogP contribution in [0.3, 0.4) is 0 Å². The molecule has 0 amide bonds. The van der Waals surface area contributed by atoms with E-state index in [4.69, 9.17) is 9.72 Å². The van der Waals surface area contributed by atoms with Gasteiger partial charge >= 0.3 is 0 Å². The van der Waals surface area contributed by atoms with E-state index < -0.39 is 0 Å². The zero-order valence-corrected chi connectivity index (χ0v) is 16.3. The fourth-order valence-electron chi connectivity index (χ4n) is 2.67. The Morgan fingerprint density at radius 2 is 2.00 bits per heavy atom. The highest BCUT2D eigenvalue weighted by atomic mass is 79.9. The second kappa shape index (κ2) is 6.90. The zero-order valence-electron chi connectivity index (χ0n) is 12.1. The van der Waals surface area contributed by atoms with Gasteiger partial charge < -0.3 is 4.74 Å². The topological polar surface area (TPSA) is 22.1 Å². The Hall–Kier alpha value is -0.230. The Kier molecular flexibility index (Phi) is 5.63. The van der Waals surface area contributed by atoms with Gasteiger partial charge in [-0.1, -0.05) is 28.1 Å². The van der Waals surface area contributed by atoms with Crippen molar-refractivity contribution in [2.45, 2.75) is 38.2 Å². The van der Waals surface area contributed by atoms with E-state index in [1.165, 1.54) is 10.6 Å². The molecule has 0 spiro atoms. The van der Waals surface area contributed by atoms with E-state index in [9.17, 15) is 0 Å². The van der Waals surface area contributed by atoms with Crippen LogP contribution in [0.4, 0.5) is 0 Å². The molecule has 5 heteroatoms. The van der Waals surface area contributed by atoms with Crippen molar-refractivity contribution in [1.29, 1.82) is 0 Å². The summed E-state index contributed by atoms with van der Waals surface area (Å²) in [6, 6.07) is 8.34. The zero-order chi connectivity index (χ0) is 14.2. The van der Waals surface area contributed by atoms with E-state index in [0.29, 0.717) is 5.92 Å². The number of thiazole rings is 1. The first-order valence-electron chi connectivity index (χ1n) is 6.89. The van der Waals surface area contributed by atoms with Crippen molar-refractivity contribution >= 4 is 44.2 Å². The largest absolute Gasteiger partial charge is 0.376 e. The van der Waals surface area contributed by atoms with Crippen LogP contribution in [0.25, 0.3) is 11.3 Å². The Balaban J connectivity index is 0.00000161. The molecule has 1 atom stereocenters. The van der Waals surface area contributed by atoms with Crippen LogP contribution < -0.4 is 0 Å². The van der Waals surface area contributed by atoms with Crippen LogP contribution in [0.2, 0.25) is 0 Å². The SMILES string of the molecule is Br.CC1(C)CC(c2nc(-c3ccc(Br)cc3)cs2)CCO1. The molecular formula is C16H19Br2NOS. The molecule has 2 heterocycles. The van der Waals surface area contributed by atoms with E-state index >= 15 is 0 Å². The highest BCUT2D eigenvalue weighted by Crippen LogP contribution is 2.38. The normalized spacial score (nSPS) is 20.8. The fourth-order valence-corrected chi connectivity index (χ4v) is 3.90. The number of aromatic nitrogens is 1. The molecule has 1 aromatic heterocycles. The lowest BCUT2D eigenvalue weighted by Crippen LogP contribution is -2.32. The molecule has 0 N–H and O–H groups in total. The van der Waals surface area contributed by atoms with Crippen LogP contribution in [0.5, 0.6) is 0 Å². The van der Waals surface area contributed by atoms with Crippen LogP contribution in [0, 0.1) is 0 Å². The maximum Gasteiger partial charge on any atom is 0.0965 e. The summed E-state index contributed by atoms with van der Waals surface area (Å²) in [4.78, 5) is 4.85. The third-order valence-corrected chi connectivity index (χ3v) is 5.24. The lowest BCUT2D eigenvalue weighted by Gasteiger charge is -2.34. The predicted octanol–water partition coefficient (Wildman–Crippen LogP) is 5.82. The second-order valence-corrected chi connectivity index (χ2v) is 7.68. The predicted molar refractivity (Wildman–Crippen MR) is 97.6 cm³/mol. The molecule has 3 rings (SSSR count). The molecular weight excluding hydrogens is 414 g/mol. The minimum atomic E-state index is -0.0215. The number of benzene rings is 1. The lowest BCUT2D eigenvalue weighted by atomic mass is 9.89. The first-order valence-corrected chi connectivity index (χ1v) is 8.56. The number of nitrogens with zero attached hydrogens (tertiary/aromatic N) is 1. The number of hydrogen-bond donors (Lipinski definition) is 0. The smallest absolute Gasteiger partial charge is 0.0965 e. The number of rotatable bonds is 2. The number of ether oxygens (including phenoxy) is 1. The molecule has 1 aliphatic heterocycles. The van der Waals surface area contributed by atoms with Crippen LogP contribution in [-0.2, 0) is 4.74 Å². The molecule has 0 aliphatic carbocycles. The molecule has 1 saturated heterocycles. The summed E-state index contributed by atoms with van der Waals surface area (Å²) in [6.07, 6.45) is 2.14. The molecule has 0 radical (unpaired) electrons. The van der Waals surface area contributed by atoms with Gasteiger partial charge in [-0.05, 0) is 38.8 Å². The van der Waals surface area contributed by atoms with E-state index in [1.54, 1.807) is 11.3 Å². The second-order valence-electron chi connectivity index (χ2n) is 5.88.